The van der Waals surface area contributed by atoms with Crippen LogP contribution in [-0.4, -0.2) is 27.8 Å². The number of allylic oxidation sites excluding steroid dienone is 1. The normalized spacial score (nSPS) is 15.5. The molecule has 2 heterocycles. The van der Waals surface area contributed by atoms with Crippen LogP contribution < -0.4 is 15.8 Å². The van der Waals surface area contributed by atoms with Gasteiger partial charge < -0.3 is 15.8 Å². The molecule has 1 atom stereocenters. The highest BCUT2D eigenvalue weighted by atomic mass is 35.5. The maximum atomic E-state index is 12.3. The Balaban J connectivity index is 1.71. The molecule has 1 unspecified atom stereocenters. The summed E-state index contributed by atoms with van der Waals surface area (Å²) in [5.74, 6) is 1.34. The average molecular weight is 442 g/mol. The highest BCUT2D eigenvalue weighted by Gasteiger charge is 2.33. The number of nitrogens with two attached hydrogens (primary N) is 1. The Morgan fingerprint density at radius 1 is 1.30 bits per heavy atom. The molecule has 0 saturated heterocycles. The molecule has 0 fully saturated rings. The fourth-order valence-corrected chi connectivity index (χ4v) is 4.50. The van der Waals surface area contributed by atoms with Crippen molar-refractivity contribution in [2.45, 2.75) is 23.9 Å². The number of carbonyl (C=O) groups excluding carboxylic acids is 1. The number of nitrogens with zero attached hydrogens (tertiary/aromatic N) is 3. The van der Waals surface area contributed by atoms with Gasteiger partial charge in [0.25, 0.3) is 0 Å². The zero-order valence-corrected chi connectivity index (χ0v) is 18.0. The number of hydrogen-bond donors (Lipinski definition) is 2. The predicted molar refractivity (Wildman–Crippen MR) is 118 cm³/mol. The van der Waals surface area contributed by atoms with E-state index in [1.165, 1.54) is 11.8 Å². The molecular formula is C21H20ClN5O2S. The molecule has 1 amide bonds. The van der Waals surface area contributed by atoms with E-state index in [0.717, 1.165) is 11.1 Å². The van der Waals surface area contributed by atoms with Gasteiger partial charge in [0.05, 0.1) is 12.7 Å². The van der Waals surface area contributed by atoms with Crippen molar-refractivity contribution in [3.05, 3.63) is 76.0 Å². The van der Waals surface area contributed by atoms with Crippen molar-refractivity contribution in [3.63, 3.8) is 0 Å². The molecule has 4 rings (SSSR count). The molecule has 0 radical (unpaired) electrons. The number of amides is 1. The number of rotatable bonds is 6. The third kappa shape index (κ3) is 3.88. The molecule has 7 nitrogen and oxygen atoms in total. The van der Waals surface area contributed by atoms with Gasteiger partial charge in [-0.1, -0.05) is 53.7 Å². The number of aromatic nitrogens is 3. The van der Waals surface area contributed by atoms with Gasteiger partial charge in [-0.3, -0.25) is 4.79 Å². The number of fused-ring (bicyclic) bond motifs is 1. The number of benzene rings is 2. The Morgan fingerprint density at radius 3 is 2.83 bits per heavy atom. The molecule has 1 aromatic heterocycles. The van der Waals surface area contributed by atoms with E-state index in [1.807, 2.05) is 55.5 Å². The Kier molecular flexibility index (Phi) is 5.69. The summed E-state index contributed by atoms with van der Waals surface area (Å²) >= 11 is 7.72. The average Bonchev–Trinajstić information content (AvgIpc) is 3.14. The number of carbonyl (C=O) groups is 1. The predicted octanol–water partition coefficient (Wildman–Crippen LogP) is 4.01. The van der Waals surface area contributed by atoms with Crippen molar-refractivity contribution in [2.24, 2.45) is 5.73 Å². The summed E-state index contributed by atoms with van der Waals surface area (Å²) in [4.78, 5) is 16.9. The van der Waals surface area contributed by atoms with Crippen molar-refractivity contribution >= 4 is 35.2 Å². The first-order chi connectivity index (χ1) is 14.5. The number of halogens is 1. The second-order valence-electron chi connectivity index (χ2n) is 6.75. The zero-order valence-electron chi connectivity index (χ0n) is 16.4. The first-order valence-corrected chi connectivity index (χ1v) is 10.6. The Bertz CT molecular complexity index is 1140. The van der Waals surface area contributed by atoms with Gasteiger partial charge in [-0.15, -0.1) is 5.10 Å². The molecule has 0 spiro atoms. The topological polar surface area (TPSA) is 95.1 Å². The number of hydrogen-bond acceptors (Lipinski definition) is 6. The fourth-order valence-electron chi connectivity index (χ4n) is 3.39. The van der Waals surface area contributed by atoms with E-state index >= 15 is 0 Å². The molecule has 2 aromatic carbocycles. The van der Waals surface area contributed by atoms with Gasteiger partial charge in [0.15, 0.2) is 0 Å². The molecule has 0 saturated carbocycles. The number of thioether (sulfide) groups is 1. The lowest BCUT2D eigenvalue weighted by atomic mass is 9.95. The lowest BCUT2D eigenvalue weighted by Gasteiger charge is -2.27. The second kappa shape index (κ2) is 8.41. The molecule has 1 aliphatic heterocycles. The van der Waals surface area contributed by atoms with Gasteiger partial charge in [-0.25, -0.2) is 4.68 Å². The van der Waals surface area contributed by atoms with Crippen LogP contribution in [0.25, 0.3) is 0 Å². The summed E-state index contributed by atoms with van der Waals surface area (Å²) in [6, 6.07) is 14.7. The highest BCUT2D eigenvalue weighted by molar-refractivity contribution is 7.98. The van der Waals surface area contributed by atoms with Crippen molar-refractivity contribution in [3.8, 4) is 5.75 Å². The van der Waals surface area contributed by atoms with Crippen molar-refractivity contribution < 1.29 is 9.53 Å². The smallest absolute Gasteiger partial charge is 0.248 e. The Hall–Kier alpha value is -2.97. The largest absolute Gasteiger partial charge is 0.497 e. The van der Waals surface area contributed by atoms with E-state index in [1.54, 1.807) is 11.8 Å². The summed E-state index contributed by atoms with van der Waals surface area (Å²) < 4.78 is 7.04. The van der Waals surface area contributed by atoms with E-state index in [9.17, 15) is 4.79 Å². The van der Waals surface area contributed by atoms with Crippen molar-refractivity contribution in [1.29, 1.82) is 0 Å². The quantitative estimate of drug-likeness (QED) is 0.561. The van der Waals surface area contributed by atoms with Gasteiger partial charge in [0.1, 0.15) is 11.8 Å². The summed E-state index contributed by atoms with van der Waals surface area (Å²) in [6.07, 6.45) is 0. The van der Waals surface area contributed by atoms with Crippen LogP contribution in [0.5, 0.6) is 5.75 Å². The second-order valence-corrected chi connectivity index (χ2v) is 8.10. The van der Waals surface area contributed by atoms with Gasteiger partial charge in [-0.2, -0.15) is 4.98 Å². The van der Waals surface area contributed by atoms with Crippen LogP contribution in [0.1, 0.15) is 24.1 Å². The Labute approximate surface area is 183 Å². The molecule has 3 aromatic rings. The van der Waals surface area contributed by atoms with Gasteiger partial charge >= 0.3 is 0 Å². The van der Waals surface area contributed by atoms with E-state index in [-0.39, 0.29) is 0 Å². The molecule has 0 aliphatic carbocycles. The SMILES string of the molecule is COc1cccc(C2C(C(N)=O)=C(C)Nc3nc(SCc4ccccc4Cl)nn32)c1. The van der Waals surface area contributed by atoms with Crippen LogP contribution in [0.3, 0.4) is 0 Å². The number of ether oxygens (including phenoxy) is 1. The van der Waals surface area contributed by atoms with Gasteiger partial charge in [-0.05, 0) is 36.2 Å². The maximum Gasteiger partial charge on any atom is 0.248 e. The van der Waals surface area contributed by atoms with E-state index in [0.29, 0.717) is 38.9 Å². The third-order valence-corrected chi connectivity index (χ3v) is 6.08. The minimum atomic E-state index is -0.515. The minimum Gasteiger partial charge on any atom is -0.497 e. The summed E-state index contributed by atoms with van der Waals surface area (Å²) in [5.41, 5.74) is 8.64. The molecule has 154 valence electrons. The highest BCUT2D eigenvalue weighted by Crippen LogP contribution is 2.37. The molecule has 1 aliphatic rings. The third-order valence-electron chi connectivity index (χ3n) is 4.82. The van der Waals surface area contributed by atoms with Gasteiger partial charge in [0.2, 0.25) is 17.0 Å². The number of nitrogens with one attached hydrogen (secondary N) is 1. The maximum absolute atomic E-state index is 12.3. The molecule has 30 heavy (non-hydrogen) atoms. The summed E-state index contributed by atoms with van der Waals surface area (Å²) in [5, 5.41) is 9.08. The minimum absolute atomic E-state index is 0.434. The lowest BCUT2D eigenvalue weighted by molar-refractivity contribution is -0.115. The summed E-state index contributed by atoms with van der Waals surface area (Å²) in [7, 11) is 1.60. The fraction of sp³-hybridized carbons (Fsp3) is 0.190. The van der Waals surface area contributed by atoms with E-state index in [4.69, 9.17) is 22.1 Å². The van der Waals surface area contributed by atoms with Crippen molar-refractivity contribution in [1.82, 2.24) is 14.8 Å². The van der Waals surface area contributed by atoms with E-state index in [2.05, 4.69) is 15.4 Å². The first-order valence-electron chi connectivity index (χ1n) is 9.22. The number of anilines is 1. The molecule has 9 heteroatoms. The number of primary amides is 1. The van der Waals surface area contributed by atoms with Gasteiger partial charge in [0, 0.05) is 16.5 Å². The summed E-state index contributed by atoms with van der Waals surface area (Å²) in [6.45, 7) is 1.81. The lowest BCUT2D eigenvalue weighted by Crippen LogP contribution is -2.31. The monoisotopic (exact) mass is 441 g/mol. The van der Waals surface area contributed by atoms with E-state index < -0.39 is 11.9 Å². The molecular weight excluding hydrogens is 422 g/mol. The zero-order chi connectivity index (χ0) is 21.3. The van der Waals surface area contributed by atoms with Crippen molar-refractivity contribution in [2.75, 3.05) is 12.4 Å². The molecule has 3 N–H and O–H groups in total. The number of methoxy groups -OCH3 is 1. The van der Waals surface area contributed by atoms with Crippen LogP contribution in [0, 0.1) is 0 Å². The first kappa shape index (κ1) is 20.3. The van der Waals surface area contributed by atoms with Crippen LogP contribution in [0.15, 0.2) is 65.0 Å². The van der Waals surface area contributed by atoms with Crippen LogP contribution >= 0.6 is 23.4 Å². The Morgan fingerprint density at radius 2 is 2.10 bits per heavy atom. The van der Waals surface area contributed by atoms with Crippen LogP contribution in [-0.2, 0) is 10.5 Å². The molecule has 0 bridgehead atoms. The standard InChI is InChI=1S/C21H20ClN5O2S/c1-12-17(19(23)28)18(13-7-5-8-15(10-13)29-2)27-20(24-12)25-21(26-27)30-11-14-6-3-4-9-16(14)22/h3-10,18H,11H2,1-2H3,(H2,23,28)(H,24,25,26). The van der Waals surface area contributed by atoms with Crippen LogP contribution in [0.4, 0.5) is 5.95 Å². The van der Waals surface area contributed by atoms with Crippen LogP contribution in [0.2, 0.25) is 5.02 Å².